The first kappa shape index (κ1) is 19.5. The lowest BCUT2D eigenvalue weighted by Crippen LogP contribution is -2.26. The summed E-state index contributed by atoms with van der Waals surface area (Å²) in [5.74, 6) is 0.495. The number of rotatable bonds is 4. The highest BCUT2D eigenvalue weighted by Gasteiger charge is 2.19. The summed E-state index contributed by atoms with van der Waals surface area (Å²) in [5, 5.41) is 2.65. The Morgan fingerprint density at radius 2 is 1.90 bits per heavy atom. The maximum absolute atomic E-state index is 13.7. The van der Waals surface area contributed by atoms with Gasteiger partial charge in [0.15, 0.2) is 0 Å². The van der Waals surface area contributed by atoms with E-state index < -0.39 is 0 Å². The molecular formula is C24H23FN2OS. The summed E-state index contributed by atoms with van der Waals surface area (Å²) < 4.78 is 15.4. The smallest absolute Gasteiger partial charge is 0.263 e. The number of benzene rings is 2. The van der Waals surface area contributed by atoms with Crippen LogP contribution in [0.25, 0.3) is 21.3 Å². The molecular weight excluding hydrogens is 383 g/mol. The van der Waals surface area contributed by atoms with Gasteiger partial charge in [-0.1, -0.05) is 44.2 Å². The fourth-order valence-electron chi connectivity index (χ4n) is 3.57. The molecule has 0 amide bonds. The van der Waals surface area contributed by atoms with E-state index in [1.165, 1.54) is 34.6 Å². The van der Waals surface area contributed by atoms with Gasteiger partial charge in [-0.15, -0.1) is 11.3 Å². The Bertz CT molecular complexity index is 1270. The second-order valence-electron chi connectivity index (χ2n) is 7.77. The van der Waals surface area contributed by atoms with Crippen molar-refractivity contribution in [2.45, 2.75) is 40.2 Å². The number of hydrogen-bond donors (Lipinski definition) is 0. The van der Waals surface area contributed by atoms with Crippen molar-refractivity contribution >= 4 is 21.6 Å². The van der Waals surface area contributed by atoms with E-state index >= 15 is 0 Å². The average molecular weight is 407 g/mol. The molecule has 2 heterocycles. The van der Waals surface area contributed by atoms with Crippen molar-refractivity contribution in [2.24, 2.45) is 0 Å². The summed E-state index contributed by atoms with van der Waals surface area (Å²) in [7, 11) is 0. The Kier molecular flexibility index (Phi) is 5.09. The molecule has 0 saturated carbocycles. The van der Waals surface area contributed by atoms with Gasteiger partial charge in [-0.05, 0) is 48.2 Å². The molecule has 0 spiro atoms. The first-order chi connectivity index (χ1) is 13.8. The standard InChI is InChI=1S/C24H23FN2OS/c1-14(2)22-26-23-21(20(13-29-23)18-9-8-15(3)16(4)10-18)24(28)27(22)12-17-6-5-7-19(25)11-17/h5-11,13-14H,12H2,1-4H3. The van der Waals surface area contributed by atoms with E-state index in [2.05, 4.69) is 32.0 Å². The van der Waals surface area contributed by atoms with Gasteiger partial charge < -0.3 is 0 Å². The molecule has 0 N–H and O–H groups in total. The number of aryl methyl sites for hydroxylation is 2. The molecule has 0 aliphatic carbocycles. The third-order valence-corrected chi connectivity index (χ3v) is 6.16. The molecule has 4 aromatic rings. The zero-order valence-electron chi connectivity index (χ0n) is 17.0. The van der Waals surface area contributed by atoms with Crippen LogP contribution >= 0.6 is 11.3 Å². The number of hydrogen-bond acceptors (Lipinski definition) is 3. The molecule has 5 heteroatoms. The van der Waals surface area contributed by atoms with Crippen molar-refractivity contribution in [2.75, 3.05) is 0 Å². The van der Waals surface area contributed by atoms with E-state index in [-0.39, 0.29) is 17.3 Å². The average Bonchev–Trinajstić information content (AvgIpc) is 3.10. The summed E-state index contributed by atoms with van der Waals surface area (Å²) in [5.41, 5.74) is 5.02. The van der Waals surface area contributed by atoms with Crippen LogP contribution < -0.4 is 5.56 Å². The molecule has 3 nitrogen and oxygen atoms in total. The van der Waals surface area contributed by atoms with Crippen molar-refractivity contribution in [3.8, 4) is 11.1 Å². The van der Waals surface area contributed by atoms with Crippen molar-refractivity contribution in [3.63, 3.8) is 0 Å². The molecule has 0 radical (unpaired) electrons. The maximum atomic E-state index is 13.7. The molecule has 0 saturated heterocycles. The van der Waals surface area contributed by atoms with Gasteiger partial charge in [0.2, 0.25) is 0 Å². The molecule has 4 rings (SSSR count). The van der Waals surface area contributed by atoms with Gasteiger partial charge in [0.05, 0.1) is 11.9 Å². The normalized spacial score (nSPS) is 11.5. The summed E-state index contributed by atoms with van der Waals surface area (Å²) in [6.07, 6.45) is 0. The van der Waals surface area contributed by atoms with Crippen molar-refractivity contribution in [3.05, 3.63) is 86.5 Å². The lowest BCUT2D eigenvalue weighted by Gasteiger charge is -2.15. The first-order valence-corrected chi connectivity index (χ1v) is 10.6. The molecule has 29 heavy (non-hydrogen) atoms. The predicted octanol–water partition coefficient (Wildman–Crippen LogP) is 6.05. The molecule has 0 aliphatic heterocycles. The van der Waals surface area contributed by atoms with Gasteiger partial charge in [0.1, 0.15) is 16.5 Å². The fraction of sp³-hybridized carbons (Fsp3) is 0.250. The summed E-state index contributed by atoms with van der Waals surface area (Å²) in [6, 6.07) is 12.6. The minimum atomic E-state index is -0.304. The van der Waals surface area contributed by atoms with Crippen molar-refractivity contribution in [1.29, 1.82) is 0 Å². The van der Waals surface area contributed by atoms with Crippen molar-refractivity contribution in [1.82, 2.24) is 9.55 Å². The third-order valence-electron chi connectivity index (χ3n) is 5.29. The number of aromatic nitrogens is 2. The molecule has 2 aromatic heterocycles. The largest absolute Gasteiger partial charge is 0.291 e. The molecule has 0 fully saturated rings. The first-order valence-electron chi connectivity index (χ1n) is 9.69. The van der Waals surface area contributed by atoms with Crippen LogP contribution in [0.4, 0.5) is 4.39 Å². The Morgan fingerprint density at radius 1 is 1.10 bits per heavy atom. The van der Waals surface area contributed by atoms with Crippen LogP contribution in [0.2, 0.25) is 0 Å². The quantitative estimate of drug-likeness (QED) is 0.413. The summed E-state index contributed by atoms with van der Waals surface area (Å²) in [4.78, 5) is 19.2. The Morgan fingerprint density at radius 3 is 2.59 bits per heavy atom. The molecule has 0 bridgehead atoms. The number of halogens is 1. The highest BCUT2D eigenvalue weighted by Crippen LogP contribution is 2.32. The van der Waals surface area contributed by atoms with Crippen LogP contribution in [-0.4, -0.2) is 9.55 Å². The third kappa shape index (κ3) is 3.62. The van der Waals surface area contributed by atoms with Crippen LogP contribution in [0, 0.1) is 19.7 Å². The maximum Gasteiger partial charge on any atom is 0.263 e. The van der Waals surface area contributed by atoms with Crippen LogP contribution in [0.3, 0.4) is 0 Å². The summed E-state index contributed by atoms with van der Waals surface area (Å²) >= 11 is 1.50. The number of thiophene rings is 1. The summed E-state index contributed by atoms with van der Waals surface area (Å²) in [6.45, 7) is 8.49. The second kappa shape index (κ2) is 7.56. The SMILES string of the molecule is Cc1ccc(-c2csc3nc(C(C)C)n(Cc4cccc(F)c4)c(=O)c23)cc1C. The zero-order chi connectivity index (χ0) is 20.7. The van der Waals surface area contributed by atoms with Gasteiger partial charge in [-0.2, -0.15) is 0 Å². The van der Waals surface area contributed by atoms with Gasteiger partial charge in [-0.3, -0.25) is 9.36 Å². The topological polar surface area (TPSA) is 34.9 Å². The minimum Gasteiger partial charge on any atom is -0.291 e. The lowest BCUT2D eigenvalue weighted by atomic mass is 10.0. The lowest BCUT2D eigenvalue weighted by molar-refractivity contribution is 0.612. The predicted molar refractivity (Wildman–Crippen MR) is 118 cm³/mol. The molecule has 0 aliphatic rings. The van der Waals surface area contributed by atoms with Gasteiger partial charge >= 0.3 is 0 Å². The van der Waals surface area contributed by atoms with Crippen molar-refractivity contribution < 1.29 is 4.39 Å². The van der Waals surface area contributed by atoms with Gasteiger partial charge in [-0.25, -0.2) is 9.37 Å². The number of fused-ring (bicyclic) bond motifs is 1. The van der Waals surface area contributed by atoms with Crippen LogP contribution in [0.1, 0.15) is 42.3 Å². The minimum absolute atomic E-state index is 0.0718. The van der Waals surface area contributed by atoms with E-state index in [0.29, 0.717) is 11.9 Å². The highest BCUT2D eigenvalue weighted by atomic mass is 32.1. The highest BCUT2D eigenvalue weighted by molar-refractivity contribution is 7.17. The molecule has 0 atom stereocenters. The molecule has 148 valence electrons. The Labute approximate surface area is 173 Å². The van der Waals surface area contributed by atoms with Crippen LogP contribution in [-0.2, 0) is 6.54 Å². The van der Waals surface area contributed by atoms with Crippen LogP contribution in [0.15, 0.2) is 52.6 Å². The second-order valence-corrected chi connectivity index (χ2v) is 8.63. The fourth-order valence-corrected chi connectivity index (χ4v) is 4.52. The van der Waals surface area contributed by atoms with Gasteiger partial charge in [0.25, 0.3) is 5.56 Å². The number of nitrogens with zero attached hydrogens (tertiary/aromatic N) is 2. The van der Waals surface area contributed by atoms with E-state index in [1.807, 2.05) is 25.3 Å². The van der Waals surface area contributed by atoms with E-state index in [9.17, 15) is 9.18 Å². The molecule has 2 aromatic carbocycles. The van der Waals surface area contributed by atoms with E-state index in [1.54, 1.807) is 10.6 Å². The van der Waals surface area contributed by atoms with E-state index in [0.717, 1.165) is 27.3 Å². The van der Waals surface area contributed by atoms with E-state index in [4.69, 9.17) is 4.98 Å². The Balaban J connectivity index is 1.94. The Hall–Kier alpha value is -2.79. The van der Waals surface area contributed by atoms with Crippen LogP contribution in [0.5, 0.6) is 0 Å². The monoisotopic (exact) mass is 406 g/mol. The van der Waals surface area contributed by atoms with Gasteiger partial charge in [0, 0.05) is 16.9 Å². The molecule has 0 unspecified atom stereocenters. The zero-order valence-corrected chi connectivity index (χ0v) is 17.8.